The van der Waals surface area contributed by atoms with Crippen molar-refractivity contribution in [3.8, 4) is 28.6 Å². The van der Waals surface area contributed by atoms with Crippen molar-refractivity contribution in [1.82, 2.24) is 15.0 Å². The molecule has 152 valence electrons. The lowest BCUT2D eigenvalue weighted by Gasteiger charge is -2.15. The van der Waals surface area contributed by atoms with Gasteiger partial charge in [0, 0.05) is 16.2 Å². The summed E-state index contributed by atoms with van der Waals surface area (Å²) in [6.45, 7) is 0.100. The van der Waals surface area contributed by atoms with Crippen LogP contribution in [0.2, 0.25) is 0 Å². The van der Waals surface area contributed by atoms with Crippen molar-refractivity contribution in [2.24, 2.45) is 0 Å². The van der Waals surface area contributed by atoms with E-state index >= 15 is 0 Å². The standard InChI is InChI=1S/C20H20IN3O5/c1-24(19(25)12-28-15-7-5-14(21)6-8-15)11-18-22-20(23-29-18)13-4-9-16(26-2)17(10-13)27-3/h4-10H,11-12H2,1-3H3. The molecule has 1 heterocycles. The van der Waals surface area contributed by atoms with Gasteiger partial charge in [0.1, 0.15) is 5.75 Å². The van der Waals surface area contributed by atoms with Crippen LogP contribution in [0.1, 0.15) is 5.89 Å². The Balaban J connectivity index is 1.60. The van der Waals surface area contributed by atoms with Gasteiger partial charge in [-0.3, -0.25) is 4.79 Å². The van der Waals surface area contributed by atoms with E-state index in [-0.39, 0.29) is 19.1 Å². The Morgan fingerprint density at radius 1 is 1.10 bits per heavy atom. The fraction of sp³-hybridized carbons (Fsp3) is 0.250. The molecule has 1 aromatic heterocycles. The second-order valence-corrected chi connectivity index (χ2v) is 7.32. The topological polar surface area (TPSA) is 86.9 Å². The lowest BCUT2D eigenvalue weighted by molar-refractivity contribution is -0.132. The Bertz CT molecular complexity index is 975. The van der Waals surface area contributed by atoms with Gasteiger partial charge >= 0.3 is 0 Å². The van der Waals surface area contributed by atoms with Crippen LogP contribution in [0.5, 0.6) is 17.2 Å². The summed E-state index contributed by atoms with van der Waals surface area (Å²) >= 11 is 2.21. The summed E-state index contributed by atoms with van der Waals surface area (Å²) in [5, 5.41) is 3.98. The van der Waals surface area contributed by atoms with E-state index in [2.05, 4.69) is 32.7 Å². The van der Waals surface area contributed by atoms with Gasteiger partial charge in [0.15, 0.2) is 18.1 Å². The number of ether oxygens (including phenoxy) is 3. The Morgan fingerprint density at radius 3 is 2.52 bits per heavy atom. The number of hydrogen-bond acceptors (Lipinski definition) is 7. The molecular weight excluding hydrogens is 489 g/mol. The second-order valence-electron chi connectivity index (χ2n) is 6.07. The van der Waals surface area contributed by atoms with Crippen molar-refractivity contribution < 1.29 is 23.5 Å². The summed E-state index contributed by atoms with van der Waals surface area (Å²) < 4.78 is 22.4. The molecule has 3 rings (SSSR count). The zero-order valence-corrected chi connectivity index (χ0v) is 18.4. The summed E-state index contributed by atoms with van der Waals surface area (Å²) in [4.78, 5) is 18.1. The molecule has 0 atom stereocenters. The molecule has 0 fully saturated rings. The molecule has 2 aromatic carbocycles. The monoisotopic (exact) mass is 509 g/mol. The first-order valence-corrected chi connectivity index (χ1v) is 9.75. The van der Waals surface area contributed by atoms with Gasteiger partial charge in [0.25, 0.3) is 5.91 Å². The van der Waals surface area contributed by atoms with Crippen molar-refractivity contribution in [3.05, 3.63) is 51.9 Å². The number of rotatable bonds is 8. The summed E-state index contributed by atoms with van der Waals surface area (Å²) in [6, 6.07) is 12.8. The number of likely N-dealkylation sites (N-methyl/N-ethyl adjacent to an activating group) is 1. The van der Waals surface area contributed by atoms with Gasteiger partial charge < -0.3 is 23.6 Å². The van der Waals surface area contributed by atoms with Gasteiger partial charge in [-0.15, -0.1) is 0 Å². The molecule has 0 radical (unpaired) electrons. The van der Waals surface area contributed by atoms with E-state index in [9.17, 15) is 4.79 Å². The van der Waals surface area contributed by atoms with E-state index in [0.717, 1.165) is 3.57 Å². The van der Waals surface area contributed by atoms with E-state index < -0.39 is 0 Å². The summed E-state index contributed by atoms with van der Waals surface area (Å²) in [7, 11) is 4.78. The first-order chi connectivity index (χ1) is 14.0. The third-order valence-electron chi connectivity index (χ3n) is 4.08. The predicted octanol–water partition coefficient (Wildman–Crippen LogP) is 3.40. The summed E-state index contributed by atoms with van der Waals surface area (Å²) in [5.74, 6) is 2.33. The lowest BCUT2D eigenvalue weighted by atomic mass is 10.2. The van der Waals surface area contributed by atoms with Gasteiger partial charge in [0.05, 0.1) is 20.8 Å². The van der Waals surface area contributed by atoms with Crippen molar-refractivity contribution in [1.29, 1.82) is 0 Å². The predicted molar refractivity (Wildman–Crippen MR) is 114 cm³/mol. The lowest BCUT2D eigenvalue weighted by Crippen LogP contribution is -2.31. The number of halogens is 1. The Labute approximate surface area is 181 Å². The zero-order valence-electron chi connectivity index (χ0n) is 16.2. The smallest absolute Gasteiger partial charge is 0.260 e. The minimum Gasteiger partial charge on any atom is -0.493 e. The van der Waals surface area contributed by atoms with Gasteiger partial charge in [0.2, 0.25) is 11.7 Å². The van der Waals surface area contributed by atoms with Crippen molar-refractivity contribution >= 4 is 28.5 Å². The summed E-state index contributed by atoms with van der Waals surface area (Å²) in [5.41, 5.74) is 0.716. The van der Waals surface area contributed by atoms with Crippen LogP contribution >= 0.6 is 22.6 Å². The van der Waals surface area contributed by atoms with Crippen LogP contribution in [0.4, 0.5) is 0 Å². The molecule has 29 heavy (non-hydrogen) atoms. The first kappa shape index (κ1) is 20.9. The van der Waals surface area contributed by atoms with E-state index in [0.29, 0.717) is 34.5 Å². The molecule has 0 saturated carbocycles. The average Bonchev–Trinajstić information content (AvgIpc) is 3.21. The molecular formula is C20H20IN3O5. The minimum absolute atomic E-state index is 0.0756. The van der Waals surface area contributed by atoms with E-state index in [1.807, 2.05) is 24.3 Å². The maximum absolute atomic E-state index is 12.3. The minimum atomic E-state index is -0.200. The molecule has 0 bridgehead atoms. The molecule has 9 heteroatoms. The number of hydrogen-bond donors (Lipinski definition) is 0. The van der Waals surface area contributed by atoms with Gasteiger partial charge in [-0.05, 0) is 65.1 Å². The molecule has 0 unspecified atom stereocenters. The highest BCUT2D eigenvalue weighted by molar-refractivity contribution is 14.1. The first-order valence-electron chi connectivity index (χ1n) is 8.67. The molecule has 0 aliphatic rings. The number of carbonyl (C=O) groups excluding carboxylic acids is 1. The van der Waals surface area contributed by atoms with Crippen LogP contribution < -0.4 is 14.2 Å². The van der Waals surface area contributed by atoms with Crippen molar-refractivity contribution in [3.63, 3.8) is 0 Å². The van der Waals surface area contributed by atoms with E-state index in [1.165, 1.54) is 4.90 Å². The number of methoxy groups -OCH3 is 2. The zero-order chi connectivity index (χ0) is 20.8. The fourth-order valence-corrected chi connectivity index (χ4v) is 2.85. The molecule has 0 aliphatic heterocycles. The maximum Gasteiger partial charge on any atom is 0.260 e. The van der Waals surface area contributed by atoms with Gasteiger partial charge in [-0.25, -0.2) is 0 Å². The van der Waals surface area contributed by atoms with Gasteiger partial charge in [-0.2, -0.15) is 4.98 Å². The number of carbonyl (C=O) groups is 1. The van der Waals surface area contributed by atoms with Crippen LogP contribution in [0.25, 0.3) is 11.4 Å². The maximum atomic E-state index is 12.3. The average molecular weight is 509 g/mol. The third kappa shape index (κ3) is 5.37. The molecule has 8 nitrogen and oxygen atoms in total. The molecule has 0 N–H and O–H groups in total. The summed E-state index contributed by atoms with van der Waals surface area (Å²) in [6.07, 6.45) is 0. The highest BCUT2D eigenvalue weighted by Gasteiger charge is 2.16. The number of amides is 1. The van der Waals surface area contributed by atoms with Crippen LogP contribution in [-0.4, -0.2) is 48.8 Å². The largest absolute Gasteiger partial charge is 0.493 e. The highest BCUT2D eigenvalue weighted by Crippen LogP contribution is 2.31. The van der Waals surface area contributed by atoms with E-state index in [1.54, 1.807) is 39.5 Å². The van der Waals surface area contributed by atoms with Crippen LogP contribution in [0, 0.1) is 3.57 Å². The molecule has 0 saturated heterocycles. The van der Waals surface area contributed by atoms with Crippen LogP contribution in [-0.2, 0) is 11.3 Å². The van der Waals surface area contributed by atoms with Crippen LogP contribution in [0.15, 0.2) is 47.0 Å². The fourth-order valence-electron chi connectivity index (χ4n) is 2.49. The number of benzene rings is 2. The van der Waals surface area contributed by atoms with Crippen molar-refractivity contribution in [2.75, 3.05) is 27.9 Å². The van der Waals surface area contributed by atoms with Gasteiger partial charge in [-0.1, -0.05) is 5.16 Å². The number of nitrogens with zero attached hydrogens (tertiary/aromatic N) is 3. The Hall–Kier alpha value is -2.82. The second kappa shape index (κ2) is 9.59. The Kier molecular flexibility index (Phi) is 6.91. The van der Waals surface area contributed by atoms with E-state index in [4.69, 9.17) is 18.7 Å². The molecule has 0 spiro atoms. The van der Waals surface area contributed by atoms with Crippen LogP contribution in [0.3, 0.4) is 0 Å². The SMILES string of the molecule is COc1ccc(-c2noc(CN(C)C(=O)COc3ccc(I)cc3)n2)cc1OC. The number of aromatic nitrogens is 2. The quantitative estimate of drug-likeness (QED) is 0.431. The molecule has 3 aromatic rings. The third-order valence-corrected chi connectivity index (χ3v) is 4.80. The van der Waals surface area contributed by atoms with Crippen molar-refractivity contribution in [2.45, 2.75) is 6.54 Å². The highest BCUT2D eigenvalue weighted by atomic mass is 127. The molecule has 0 aliphatic carbocycles. The molecule has 1 amide bonds. The normalized spacial score (nSPS) is 10.5. The Morgan fingerprint density at radius 2 is 1.83 bits per heavy atom.